The normalized spacial score (nSPS) is 24.8. The number of aromatic nitrogens is 3. The fraction of sp³-hybridized carbons (Fsp3) is 0.769. The minimum absolute atomic E-state index is 0.271. The van der Waals surface area contributed by atoms with Gasteiger partial charge in [-0.15, -0.1) is 0 Å². The first kappa shape index (κ1) is 14.0. The zero-order valence-electron chi connectivity index (χ0n) is 11.8. The summed E-state index contributed by atoms with van der Waals surface area (Å²) < 4.78 is 1.90. The quantitative estimate of drug-likeness (QED) is 0.895. The Balaban J connectivity index is 2.07. The molecular formula is C13H22N4O2. The number of piperidine rings is 1. The van der Waals surface area contributed by atoms with E-state index in [-0.39, 0.29) is 6.04 Å². The molecule has 1 aliphatic rings. The third-order valence-electron chi connectivity index (χ3n) is 3.79. The van der Waals surface area contributed by atoms with Crippen LogP contribution in [0.2, 0.25) is 0 Å². The molecule has 6 heteroatoms. The SMILES string of the molecule is CC(C)n1ncnc1CN1CCCC(C)(C(=O)O)C1. The number of carboxylic acid groups (broad SMARTS) is 1. The number of likely N-dealkylation sites (tertiary alicyclic amines) is 1. The topological polar surface area (TPSA) is 71.2 Å². The molecular weight excluding hydrogens is 244 g/mol. The van der Waals surface area contributed by atoms with E-state index in [1.807, 2.05) is 11.6 Å². The lowest BCUT2D eigenvalue weighted by Crippen LogP contribution is -2.45. The summed E-state index contributed by atoms with van der Waals surface area (Å²) in [7, 11) is 0. The first-order valence-electron chi connectivity index (χ1n) is 6.76. The minimum Gasteiger partial charge on any atom is -0.481 e. The molecule has 1 fully saturated rings. The van der Waals surface area contributed by atoms with Crippen LogP contribution in [0.1, 0.15) is 45.5 Å². The highest BCUT2D eigenvalue weighted by Crippen LogP contribution is 2.30. The highest BCUT2D eigenvalue weighted by molar-refractivity contribution is 5.74. The van der Waals surface area contributed by atoms with E-state index < -0.39 is 11.4 Å². The van der Waals surface area contributed by atoms with Crippen molar-refractivity contribution in [3.05, 3.63) is 12.2 Å². The summed E-state index contributed by atoms with van der Waals surface area (Å²) in [6.07, 6.45) is 3.23. The molecule has 2 rings (SSSR count). The van der Waals surface area contributed by atoms with Crippen molar-refractivity contribution in [3.63, 3.8) is 0 Å². The van der Waals surface area contributed by atoms with Crippen LogP contribution in [-0.2, 0) is 11.3 Å². The van der Waals surface area contributed by atoms with Crippen molar-refractivity contribution in [2.24, 2.45) is 5.41 Å². The molecule has 1 N–H and O–H groups in total. The zero-order valence-corrected chi connectivity index (χ0v) is 11.8. The predicted molar refractivity (Wildman–Crippen MR) is 70.7 cm³/mol. The van der Waals surface area contributed by atoms with Gasteiger partial charge in [0.2, 0.25) is 0 Å². The second-order valence-electron chi connectivity index (χ2n) is 5.89. The Bertz CT molecular complexity index is 457. The fourth-order valence-corrected chi connectivity index (χ4v) is 2.67. The van der Waals surface area contributed by atoms with Crippen molar-refractivity contribution in [3.8, 4) is 0 Å². The molecule has 0 spiro atoms. The lowest BCUT2D eigenvalue weighted by Gasteiger charge is -2.37. The second kappa shape index (κ2) is 5.28. The van der Waals surface area contributed by atoms with E-state index in [1.54, 1.807) is 6.33 Å². The molecule has 0 saturated carbocycles. The van der Waals surface area contributed by atoms with Crippen LogP contribution >= 0.6 is 0 Å². The van der Waals surface area contributed by atoms with Gasteiger partial charge in [0.15, 0.2) is 0 Å². The summed E-state index contributed by atoms with van der Waals surface area (Å²) in [6.45, 7) is 8.13. The number of rotatable bonds is 4. The largest absolute Gasteiger partial charge is 0.481 e. The number of carbonyl (C=O) groups is 1. The van der Waals surface area contributed by atoms with Gasteiger partial charge in [0.25, 0.3) is 0 Å². The van der Waals surface area contributed by atoms with Crippen LogP contribution in [0.5, 0.6) is 0 Å². The summed E-state index contributed by atoms with van der Waals surface area (Å²) in [5.41, 5.74) is -0.638. The van der Waals surface area contributed by atoms with Gasteiger partial charge in [-0.3, -0.25) is 9.69 Å². The van der Waals surface area contributed by atoms with E-state index in [0.717, 1.165) is 25.2 Å². The van der Waals surface area contributed by atoms with Crippen LogP contribution in [0, 0.1) is 5.41 Å². The molecule has 2 heterocycles. The summed E-state index contributed by atoms with van der Waals surface area (Å²) in [5, 5.41) is 13.5. The van der Waals surface area contributed by atoms with Crippen LogP contribution in [0.3, 0.4) is 0 Å². The lowest BCUT2D eigenvalue weighted by molar-refractivity contribution is -0.151. The molecule has 0 radical (unpaired) electrons. The van der Waals surface area contributed by atoms with Gasteiger partial charge in [-0.1, -0.05) is 0 Å². The first-order chi connectivity index (χ1) is 8.92. The van der Waals surface area contributed by atoms with E-state index in [2.05, 4.69) is 28.8 Å². The van der Waals surface area contributed by atoms with E-state index in [9.17, 15) is 9.90 Å². The van der Waals surface area contributed by atoms with E-state index in [4.69, 9.17) is 0 Å². The maximum Gasteiger partial charge on any atom is 0.310 e. The van der Waals surface area contributed by atoms with Crippen molar-refractivity contribution >= 4 is 5.97 Å². The van der Waals surface area contributed by atoms with Crippen molar-refractivity contribution in [1.29, 1.82) is 0 Å². The van der Waals surface area contributed by atoms with Crippen LogP contribution in [-0.4, -0.2) is 43.8 Å². The van der Waals surface area contributed by atoms with Gasteiger partial charge in [0.05, 0.1) is 12.0 Å². The molecule has 0 amide bonds. The maximum atomic E-state index is 11.3. The van der Waals surface area contributed by atoms with Gasteiger partial charge < -0.3 is 5.11 Å². The Morgan fingerprint density at radius 3 is 2.95 bits per heavy atom. The Kier molecular flexibility index (Phi) is 3.89. The van der Waals surface area contributed by atoms with Gasteiger partial charge in [-0.25, -0.2) is 9.67 Å². The Morgan fingerprint density at radius 1 is 1.58 bits per heavy atom. The van der Waals surface area contributed by atoms with Gasteiger partial charge in [0, 0.05) is 12.6 Å². The first-order valence-corrected chi connectivity index (χ1v) is 6.76. The number of aliphatic carboxylic acids is 1. The standard InChI is InChI=1S/C13H22N4O2/c1-10(2)17-11(14-9-15-17)7-16-6-4-5-13(3,8-16)12(18)19/h9-10H,4-8H2,1-3H3,(H,18,19). The molecule has 1 atom stereocenters. The number of hydrogen-bond donors (Lipinski definition) is 1. The van der Waals surface area contributed by atoms with Crippen molar-refractivity contribution in [2.45, 2.75) is 46.2 Å². The summed E-state index contributed by atoms with van der Waals surface area (Å²) >= 11 is 0. The van der Waals surface area contributed by atoms with E-state index in [1.165, 1.54) is 0 Å². The molecule has 106 valence electrons. The van der Waals surface area contributed by atoms with Crippen LogP contribution in [0.25, 0.3) is 0 Å². The number of hydrogen-bond acceptors (Lipinski definition) is 4. The summed E-state index contributed by atoms with van der Waals surface area (Å²) in [4.78, 5) is 17.8. The maximum absolute atomic E-state index is 11.3. The number of carboxylic acids is 1. The van der Waals surface area contributed by atoms with Crippen LogP contribution in [0.4, 0.5) is 0 Å². The number of nitrogens with zero attached hydrogens (tertiary/aromatic N) is 4. The fourth-order valence-electron chi connectivity index (χ4n) is 2.67. The lowest BCUT2D eigenvalue weighted by atomic mass is 9.82. The zero-order chi connectivity index (χ0) is 14.0. The minimum atomic E-state index is -0.706. The van der Waals surface area contributed by atoms with Crippen LogP contribution in [0.15, 0.2) is 6.33 Å². The molecule has 1 saturated heterocycles. The molecule has 0 aromatic carbocycles. The average Bonchev–Trinajstić information content (AvgIpc) is 2.77. The second-order valence-corrected chi connectivity index (χ2v) is 5.89. The van der Waals surface area contributed by atoms with Gasteiger partial charge in [-0.2, -0.15) is 5.10 Å². The highest BCUT2D eigenvalue weighted by atomic mass is 16.4. The molecule has 1 aromatic heterocycles. The Morgan fingerprint density at radius 2 is 2.32 bits per heavy atom. The molecule has 19 heavy (non-hydrogen) atoms. The Hall–Kier alpha value is -1.43. The van der Waals surface area contributed by atoms with Gasteiger partial charge in [0.1, 0.15) is 12.2 Å². The highest BCUT2D eigenvalue weighted by Gasteiger charge is 2.38. The smallest absolute Gasteiger partial charge is 0.310 e. The third kappa shape index (κ3) is 2.94. The molecule has 1 aliphatic heterocycles. The Labute approximate surface area is 113 Å². The monoisotopic (exact) mass is 266 g/mol. The average molecular weight is 266 g/mol. The van der Waals surface area contributed by atoms with Crippen molar-refractivity contribution in [1.82, 2.24) is 19.7 Å². The predicted octanol–water partition coefficient (Wildman–Crippen LogP) is 1.55. The third-order valence-corrected chi connectivity index (χ3v) is 3.79. The molecule has 0 bridgehead atoms. The molecule has 0 aliphatic carbocycles. The molecule has 6 nitrogen and oxygen atoms in total. The van der Waals surface area contributed by atoms with Crippen molar-refractivity contribution < 1.29 is 9.90 Å². The van der Waals surface area contributed by atoms with Gasteiger partial charge in [-0.05, 0) is 40.2 Å². The molecule has 1 unspecified atom stereocenters. The van der Waals surface area contributed by atoms with E-state index >= 15 is 0 Å². The van der Waals surface area contributed by atoms with E-state index in [0.29, 0.717) is 13.1 Å². The summed E-state index contributed by atoms with van der Waals surface area (Å²) in [6, 6.07) is 0.271. The van der Waals surface area contributed by atoms with Crippen molar-refractivity contribution in [2.75, 3.05) is 13.1 Å². The van der Waals surface area contributed by atoms with Crippen LogP contribution < -0.4 is 0 Å². The summed E-state index contributed by atoms with van der Waals surface area (Å²) in [5.74, 6) is 0.201. The van der Waals surface area contributed by atoms with Gasteiger partial charge >= 0.3 is 5.97 Å². The molecule has 1 aromatic rings.